The molecule has 2 aliphatic rings. The number of likely N-dealkylation sites (tertiary alicyclic amines) is 1. The lowest BCUT2D eigenvalue weighted by Gasteiger charge is -2.46. The molecule has 0 radical (unpaired) electrons. The van der Waals surface area contributed by atoms with Crippen molar-refractivity contribution in [3.8, 4) is 5.75 Å². The van der Waals surface area contributed by atoms with Crippen LogP contribution in [0.3, 0.4) is 0 Å². The van der Waals surface area contributed by atoms with Gasteiger partial charge in [-0.1, -0.05) is 45.2 Å². The van der Waals surface area contributed by atoms with Crippen molar-refractivity contribution in [3.63, 3.8) is 0 Å². The molecule has 4 N–H and O–H groups in total. The second-order valence-corrected chi connectivity index (χ2v) is 9.65. The predicted octanol–water partition coefficient (Wildman–Crippen LogP) is 2.89. The van der Waals surface area contributed by atoms with Crippen LogP contribution in [0, 0.1) is 5.92 Å². The SMILES string of the molecule is CNC(=O)CC(=O)N(CCN1CC[C@](C)(c2cccc(O)c2)[C@@H](C)C1)C1CCCCC1.Cl.O. The molecule has 0 spiro atoms. The van der Waals surface area contributed by atoms with Crippen molar-refractivity contribution in [3.05, 3.63) is 29.8 Å². The molecule has 8 heteroatoms. The van der Waals surface area contributed by atoms with Crippen molar-refractivity contribution in [1.82, 2.24) is 15.1 Å². The lowest BCUT2D eigenvalue weighted by Crippen LogP contribution is -2.51. The Hall–Kier alpha value is -1.83. The molecule has 1 heterocycles. The average Bonchev–Trinajstić information content (AvgIpc) is 2.77. The van der Waals surface area contributed by atoms with Crippen molar-refractivity contribution in [1.29, 1.82) is 0 Å². The highest BCUT2D eigenvalue weighted by Crippen LogP contribution is 2.40. The number of phenolic OH excluding ortho intramolecular Hbond substituents is 1. The zero-order valence-electron chi connectivity index (χ0n) is 20.3. The number of nitrogens with zero attached hydrogens (tertiary/aromatic N) is 2. The lowest BCUT2D eigenvalue weighted by atomic mass is 9.68. The van der Waals surface area contributed by atoms with Crippen LogP contribution in [0.1, 0.15) is 64.4 Å². The summed E-state index contributed by atoms with van der Waals surface area (Å²) in [4.78, 5) is 29.1. The first-order chi connectivity index (χ1) is 14.8. The first kappa shape index (κ1) is 29.2. The van der Waals surface area contributed by atoms with Gasteiger partial charge in [-0.3, -0.25) is 9.59 Å². The number of hydrogen-bond donors (Lipinski definition) is 2. The predicted molar refractivity (Wildman–Crippen MR) is 134 cm³/mol. The Balaban J connectivity index is 0.00000272. The smallest absolute Gasteiger partial charge is 0.232 e. The fraction of sp³-hybridized carbons (Fsp3) is 0.680. The standard InChI is InChI=1S/C25H39N3O3.ClH.H2O/c1-19-18-27(13-12-25(19,2)20-8-7-11-22(29)16-20)14-15-28(21-9-5-4-6-10-21)24(31)17-23(30)26-3;;/h7-8,11,16,19,21,29H,4-6,9-10,12-15,17-18H2,1-3H3,(H,26,30);1H;1H2/t19-,25-;;/m0../s1. The van der Waals surface area contributed by atoms with E-state index in [1.807, 2.05) is 17.0 Å². The number of carbonyl (C=O) groups excluding carboxylic acids is 2. The maximum Gasteiger partial charge on any atom is 0.232 e. The Bertz CT molecular complexity index is 772. The van der Waals surface area contributed by atoms with Gasteiger partial charge in [-0.05, 0) is 54.8 Å². The Morgan fingerprint density at radius 1 is 1.24 bits per heavy atom. The monoisotopic (exact) mass is 483 g/mol. The highest BCUT2D eigenvalue weighted by molar-refractivity contribution is 5.96. The summed E-state index contributed by atoms with van der Waals surface area (Å²) in [5, 5.41) is 12.5. The van der Waals surface area contributed by atoms with Crippen LogP contribution in [0.5, 0.6) is 5.75 Å². The van der Waals surface area contributed by atoms with Crippen molar-refractivity contribution in [2.75, 3.05) is 33.2 Å². The molecule has 1 aromatic carbocycles. The molecule has 1 saturated heterocycles. The summed E-state index contributed by atoms with van der Waals surface area (Å²) in [7, 11) is 1.58. The summed E-state index contributed by atoms with van der Waals surface area (Å²) in [5.41, 5.74) is 1.23. The van der Waals surface area contributed by atoms with Gasteiger partial charge in [0.15, 0.2) is 0 Å². The van der Waals surface area contributed by atoms with Crippen LogP contribution in [0.2, 0.25) is 0 Å². The van der Waals surface area contributed by atoms with Gasteiger partial charge in [-0.25, -0.2) is 0 Å². The molecule has 3 rings (SSSR count). The van der Waals surface area contributed by atoms with Gasteiger partial charge >= 0.3 is 0 Å². The first-order valence-electron chi connectivity index (χ1n) is 11.9. The minimum absolute atomic E-state index is 0. The van der Waals surface area contributed by atoms with E-state index in [1.54, 1.807) is 13.1 Å². The lowest BCUT2D eigenvalue weighted by molar-refractivity contribution is -0.138. The van der Waals surface area contributed by atoms with Gasteiger partial charge in [0.05, 0.1) is 0 Å². The highest BCUT2D eigenvalue weighted by atomic mass is 35.5. The molecule has 1 aliphatic heterocycles. The van der Waals surface area contributed by atoms with E-state index in [2.05, 4.69) is 30.1 Å². The highest BCUT2D eigenvalue weighted by Gasteiger charge is 2.38. The van der Waals surface area contributed by atoms with E-state index in [0.29, 0.717) is 18.2 Å². The number of carbonyl (C=O) groups is 2. The van der Waals surface area contributed by atoms with E-state index >= 15 is 0 Å². The van der Waals surface area contributed by atoms with Crippen molar-refractivity contribution >= 4 is 24.2 Å². The molecule has 2 fully saturated rings. The first-order valence-corrected chi connectivity index (χ1v) is 11.9. The molecule has 2 amide bonds. The van der Waals surface area contributed by atoms with Gasteiger partial charge in [-0.2, -0.15) is 0 Å². The van der Waals surface area contributed by atoms with Gasteiger partial charge in [0.2, 0.25) is 11.8 Å². The van der Waals surface area contributed by atoms with Gasteiger partial charge in [0, 0.05) is 32.7 Å². The van der Waals surface area contributed by atoms with Crippen LogP contribution in [0.15, 0.2) is 24.3 Å². The minimum atomic E-state index is -0.209. The van der Waals surface area contributed by atoms with Gasteiger partial charge in [0.25, 0.3) is 0 Å². The fourth-order valence-electron chi connectivity index (χ4n) is 5.29. The molecule has 7 nitrogen and oxygen atoms in total. The third kappa shape index (κ3) is 7.33. The molecule has 0 bridgehead atoms. The van der Waals surface area contributed by atoms with Crippen molar-refractivity contribution < 1.29 is 20.2 Å². The van der Waals surface area contributed by atoms with Crippen LogP contribution < -0.4 is 5.32 Å². The molecular weight excluding hydrogens is 442 g/mol. The molecule has 1 aromatic rings. The zero-order valence-corrected chi connectivity index (χ0v) is 21.1. The quantitative estimate of drug-likeness (QED) is 0.582. The summed E-state index contributed by atoms with van der Waals surface area (Å²) in [6.07, 6.45) is 6.63. The summed E-state index contributed by atoms with van der Waals surface area (Å²) < 4.78 is 0. The number of phenols is 1. The molecule has 0 aromatic heterocycles. The topological polar surface area (TPSA) is 104 Å². The number of hydrogen-bond acceptors (Lipinski definition) is 4. The van der Waals surface area contributed by atoms with E-state index in [1.165, 1.54) is 12.0 Å². The second-order valence-electron chi connectivity index (χ2n) is 9.65. The van der Waals surface area contributed by atoms with Gasteiger partial charge < -0.3 is 25.7 Å². The molecule has 2 atom stereocenters. The van der Waals surface area contributed by atoms with Gasteiger partial charge in [0.1, 0.15) is 12.2 Å². The van der Waals surface area contributed by atoms with Crippen LogP contribution in [-0.4, -0.2) is 71.5 Å². The number of benzene rings is 1. The Kier molecular flexibility index (Phi) is 11.6. The van der Waals surface area contributed by atoms with Crippen LogP contribution in [0.4, 0.5) is 0 Å². The third-order valence-electron chi connectivity index (χ3n) is 7.66. The minimum Gasteiger partial charge on any atom is -0.508 e. The van der Waals surface area contributed by atoms with E-state index in [0.717, 1.165) is 51.7 Å². The maximum absolute atomic E-state index is 12.9. The Morgan fingerprint density at radius 3 is 2.55 bits per heavy atom. The van der Waals surface area contributed by atoms with Crippen LogP contribution in [-0.2, 0) is 15.0 Å². The van der Waals surface area contributed by atoms with E-state index in [4.69, 9.17) is 0 Å². The van der Waals surface area contributed by atoms with Gasteiger partial charge in [-0.15, -0.1) is 12.4 Å². The Labute approximate surface area is 204 Å². The number of piperidine rings is 1. The largest absolute Gasteiger partial charge is 0.508 e. The summed E-state index contributed by atoms with van der Waals surface area (Å²) in [6, 6.07) is 7.94. The second kappa shape index (κ2) is 13.2. The number of nitrogens with one attached hydrogen (secondary N) is 1. The molecule has 1 aliphatic carbocycles. The summed E-state index contributed by atoms with van der Waals surface area (Å²) in [5.74, 6) is 0.513. The van der Waals surface area contributed by atoms with E-state index in [9.17, 15) is 14.7 Å². The molecule has 1 saturated carbocycles. The summed E-state index contributed by atoms with van der Waals surface area (Å²) >= 11 is 0. The van der Waals surface area contributed by atoms with Crippen LogP contribution in [0.25, 0.3) is 0 Å². The number of rotatable bonds is 7. The zero-order chi connectivity index (χ0) is 22.4. The molecule has 33 heavy (non-hydrogen) atoms. The average molecular weight is 484 g/mol. The number of amides is 2. The normalized spacial score (nSPS) is 23.7. The molecule has 0 unspecified atom stereocenters. The van der Waals surface area contributed by atoms with E-state index in [-0.39, 0.29) is 47.6 Å². The van der Waals surface area contributed by atoms with Crippen molar-refractivity contribution in [2.45, 2.75) is 70.3 Å². The Morgan fingerprint density at radius 2 is 1.94 bits per heavy atom. The number of halogens is 1. The molecule has 188 valence electrons. The van der Waals surface area contributed by atoms with Crippen LogP contribution >= 0.6 is 12.4 Å². The number of aromatic hydroxyl groups is 1. The maximum atomic E-state index is 12.9. The fourth-order valence-corrected chi connectivity index (χ4v) is 5.29. The molecular formula is C25H42ClN3O4. The van der Waals surface area contributed by atoms with E-state index < -0.39 is 0 Å². The third-order valence-corrected chi connectivity index (χ3v) is 7.66. The summed E-state index contributed by atoms with van der Waals surface area (Å²) in [6.45, 7) is 8.05. The van der Waals surface area contributed by atoms with Crippen molar-refractivity contribution in [2.24, 2.45) is 5.92 Å².